The molecular formula is C30H38F3N9O3. The first-order valence-corrected chi connectivity index (χ1v) is 16.0. The van der Waals surface area contributed by atoms with Crippen molar-refractivity contribution in [2.75, 3.05) is 37.7 Å². The molecule has 2 N–H and O–H groups in total. The van der Waals surface area contributed by atoms with Crippen molar-refractivity contribution in [1.29, 1.82) is 0 Å². The second-order valence-corrected chi connectivity index (χ2v) is 12.7. The smallest absolute Gasteiger partial charge is 0.378 e. The largest absolute Gasteiger partial charge is 0.393 e. The Morgan fingerprint density at radius 1 is 1.16 bits per heavy atom. The monoisotopic (exact) mass is 629 g/mol. The van der Waals surface area contributed by atoms with E-state index in [4.69, 9.17) is 19.8 Å². The molecule has 7 rings (SSSR count). The average molecular weight is 630 g/mol. The molecule has 0 bridgehead atoms. The molecule has 1 unspecified atom stereocenters. The van der Waals surface area contributed by atoms with E-state index in [0.717, 1.165) is 25.7 Å². The number of carbonyl (C=O) groups excluding carboxylic acids is 2. The van der Waals surface area contributed by atoms with Crippen LogP contribution >= 0.6 is 0 Å². The highest BCUT2D eigenvalue weighted by molar-refractivity contribution is 5.92. The summed E-state index contributed by atoms with van der Waals surface area (Å²) in [6.45, 7) is 4.08. The van der Waals surface area contributed by atoms with E-state index in [0.29, 0.717) is 73.4 Å². The molecule has 3 aromatic rings. The summed E-state index contributed by atoms with van der Waals surface area (Å²) >= 11 is 0. The molecule has 0 radical (unpaired) electrons. The molecule has 2 aliphatic heterocycles. The predicted molar refractivity (Wildman–Crippen MR) is 155 cm³/mol. The molecule has 3 atom stereocenters. The van der Waals surface area contributed by atoms with Crippen molar-refractivity contribution in [2.45, 2.75) is 64.2 Å². The zero-order valence-corrected chi connectivity index (χ0v) is 25.2. The second-order valence-electron chi connectivity index (χ2n) is 12.7. The van der Waals surface area contributed by atoms with E-state index in [-0.39, 0.29) is 30.7 Å². The molecule has 5 heterocycles. The summed E-state index contributed by atoms with van der Waals surface area (Å²) in [5.74, 6) is -1.10. The van der Waals surface area contributed by atoms with Crippen LogP contribution in [-0.2, 0) is 22.5 Å². The third-order valence-corrected chi connectivity index (χ3v) is 9.63. The number of aromatic nitrogens is 6. The second kappa shape index (κ2) is 11.9. The number of morpholine rings is 1. The fraction of sp³-hybridized carbons (Fsp3) is 0.667. The van der Waals surface area contributed by atoms with Crippen molar-refractivity contribution in [3.8, 4) is 0 Å². The third kappa shape index (κ3) is 6.23. The number of amides is 2. The minimum atomic E-state index is -4.40. The highest BCUT2D eigenvalue weighted by Gasteiger charge is 2.48. The molecule has 2 aliphatic carbocycles. The lowest BCUT2D eigenvalue weighted by Gasteiger charge is -2.32. The van der Waals surface area contributed by atoms with Gasteiger partial charge in [-0.05, 0) is 62.8 Å². The number of rotatable bonds is 10. The Bertz CT molecular complexity index is 1550. The average Bonchev–Trinajstić information content (AvgIpc) is 3.95. The minimum Gasteiger partial charge on any atom is -0.378 e. The first-order valence-electron chi connectivity index (χ1n) is 16.0. The Morgan fingerprint density at radius 2 is 1.89 bits per heavy atom. The summed E-state index contributed by atoms with van der Waals surface area (Å²) in [6, 6.07) is 1.34. The van der Waals surface area contributed by atoms with E-state index in [1.165, 1.54) is 0 Å². The molecular weight excluding hydrogens is 591 g/mol. The van der Waals surface area contributed by atoms with Gasteiger partial charge in [0, 0.05) is 44.7 Å². The Labute approximate surface area is 258 Å². The summed E-state index contributed by atoms with van der Waals surface area (Å²) in [6.07, 6.45) is 3.13. The van der Waals surface area contributed by atoms with Crippen LogP contribution in [-0.4, -0.2) is 80.2 Å². The molecule has 0 spiro atoms. The summed E-state index contributed by atoms with van der Waals surface area (Å²) in [5, 5.41) is 14.8. The Balaban J connectivity index is 1.25. The van der Waals surface area contributed by atoms with Crippen LogP contribution in [0.15, 0.2) is 18.5 Å². The first kappa shape index (κ1) is 29.9. The van der Waals surface area contributed by atoms with Crippen molar-refractivity contribution in [3.05, 3.63) is 35.5 Å². The standard InChI is InChI=1S/C30H38F3N9O3/c1-2-41-23(7-8-35-41)28(44)37-25(24(17-3-4-17)18-5-6-18)22-16-42-29(36-22)38-26(40-9-11-45-12-10-40)21(39-42)14-19-13-20(30(31,32)33)15-34-27(19)43/h7-8,16-20,24-25H,2-6,9-15H2,1H3,(H,34,43)(H,37,44)/t19?,20-,25-/m1/s1. The summed E-state index contributed by atoms with van der Waals surface area (Å²) in [4.78, 5) is 38.1. The molecule has 12 nitrogen and oxygen atoms in total. The Morgan fingerprint density at radius 3 is 2.56 bits per heavy atom. The molecule has 2 saturated carbocycles. The van der Waals surface area contributed by atoms with Crippen molar-refractivity contribution >= 4 is 23.4 Å². The third-order valence-electron chi connectivity index (χ3n) is 9.63. The van der Waals surface area contributed by atoms with Gasteiger partial charge in [0.05, 0.1) is 37.1 Å². The minimum absolute atomic E-state index is 0.00943. The number of carbonyl (C=O) groups is 2. The van der Waals surface area contributed by atoms with E-state index in [1.807, 2.05) is 11.8 Å². The van der Waals surface area contributed by atoms with Crippen LogP contribution in [0.5, 0.6) is 0 Å². The van der Waals surface area contributed by atoms with Gasteiger partial charge < -0.3 is 20.3 Å². The van der Waals surface area contributed by atoms with Gasteiger partial charge in [0.15, 0.2) is 5.82 Å². The van der Waals surface area contributed by atoms with Crippen molar-refractivity contribution in [1.82, 2.24) is 40.0 Å². The topological polar surface area (TPSA) is 132 Å². The van der Waals surface area contributed by atoms with Gasteiger partial charge in [-0.15, -0.1) is 0 Å². The van der Waals surface area contributed by atoms with Crippen molar-refractivity contribution in [2.24, 2.45) is 29.6 Å². The van der Waals surface area contributed by atoms with E-state index < -0.39 is 30.5 Å². The summed E-state index contributed by atoms with van der Waals surface area (Å²) in [7, 11) is 0. The van der Waals surface area contributed by atoms with Gasteiger partial charge in [0.2, 0.25) is 5.91 Å². The lowest BCUT2D eigenvalue weighted by Crippen LogP contribution is -2.47. The molecule has 4 fully saturated rings. The maximum atomic E-state index is 13.6. The number of fused-ring (bicyclic) bond motifs is 1. The van der Waals surface area contributed by atoms with Crippen molar-refractivity contribution in [3.63, 3.8) is 0 Å². The molecule has 242 valence electrons. The number of hydrogen-bond acceptors (Lipinski definition) is 8. The zero-order valence-electron chi connectivity index (χ0n) is 25.2. The number of anilines is 1. The SMILES string of the molecule is CCn1nccc1C(=O)N[C@H](c1cn2nc(CC3C[C@@H](C(F)(F)F)CNC3=O)c(N3CCOCC3)nc2n1)C(C1CC1)C1CC1. The number of ether oxygens (including phenoxy) is 1. The number of hydrogen-bond donors (Lipinski definition) is 2. The predicted octanol–water partition coefficient (Wildman–Crippen LogP) is 2.94. The van der Waals surface area contributed by atoms with Gasteiger partial charge in [-0.1, -0.05) is 0 Å². The Kier molecular flexibility index (Phi) is 7.90. The summed E-state index contributed by atoms with van der Waals surface area (Å²) < 4.78 is 49.5. The van der Waals surface area contributed by atoms with Gasteiger partial charge in [0.1, 0.15) is 11.4 Å². The van der Waals surface area contributed by atoms with E-state index in [1.54, 1.807) is 27.7 Å². The van der Waals surface area contributed by atoms with Gasteiger partial charge in [-0.2, -0.15) is 28.4 Å². The highest BCUT2D eigenvalue weighted by atomic mass is 19.4. The maximum Gasteiger partial charge on any atom is 0.393 e. The summed E-state index contributed by atoms with van der Waals surface area (Å²) in [5.41, 5.74) is 1.56. The fourth-order valence-electron chi connectivity index (χ4n) is 6.99. The first-order chi connectivity index (χ1) is 21.7. The van der Waals surface area contributed by atoms with Crippen LogP contribution < -0.4 is 15.5 Å². The molecule has 2 saturated heterocycles. The number of imidazole rings is 1. The van der Waals surface area contributed by atoms with Crippen LogP contribution in [0.2, 0.25) is 0 Å². The van der Waals surface area contributed by atoms with Gasteiger partial charge in [-0.25, -0.2) is 9.50 Å². The molecule has 45 heavy (non-hydrogen) atoms. The van der Waals surface area contributed by atoms with E-state index >= 15 is 0 Å². The fourth-order valence-corrected chi connectivity index (χ4v) is 6.99. The lowest BCUT2D eigenvalue weighted by molar-refractivity contribution is -0.183. The van der Waals surface area contributed by atoms with E-state index in [2.05, 4.69) is 15.7 Å². The van der Waals surface area contributed by atoms with Gasteiger partial charge in [-0.3, -0.25) is 14.3 Å². The number of alkyl halides is 3. The number of halogens is 3. The highest BCUT2D eigenvalue weighted by Crippen LogP contribution is 2.54. The maximum absolute atomic E-state index is 13.6. The van der Waals surface area contributed by atoms with Crippen molar-refractivity contribution < 1.29 is 27.5 Å². The van der Waals surface area contributed by atoms with Crippen LogP contribution in [0.1, 0.15) is 66.9 Å². The quantitative estimate of drug-likeness (QED) is 0.350. The van der Waals surface area contributed by atoms with Gasteiger partial charge in [0.25, 0.3) is 11.7 Å². The number of nitrogens with zero attached hydrogens (tertiary/aromatic N) is 7. The molecule has 3 aromatic heterocycles. The van der Waals surface area contributed by atoms with E-state index in [9.17, 15) is 22.8 Å². The lowest BCUT2D eigenvalue weighted by atomic mass is 9.86. The van der Waals surface area contributed by atoms with Crippen LogP contribution in [0.25, 0.3) is 5.78 Å². The number of aryl methyl sites for hydroxylation is 1. The Hall–Kier alpha value is -3.75. The van der Waals surface area contributed by atoms with Crippen LogP contribution in [0.4, 0.5) is 19.0 Å². The molecule has 2 amide bonds. The number of piperidine rings is 1. The normalized spacial score (nSPS) is 23.4. The molecule has 15 heteroatoms. The molecule has 0 aromatic carbocycles. The zero-order chi connectivity index (χ0) is 31.3. The van der Waals surface area contributed by atoms with Crippen LogP contribution in [0, 0.1) is 29.6 Å². The number of nitrogens with one attached hydrogen (secondary N) is 2. The van der Waals surface area contributed by atoms with Crippen LogP contribution in [0.3, 0.4) is 0 Å². The molecule has 4 aliphatic rings. The van der Waals surface area contributed by atoms with Gasteiger partial charge >= 0.3 is 6.18 Å².